The minimum Gasteiger partial charge on any atom is -0.504 e. The van der Waals surface area contributed by atoms with Crippen molar-refractivity contribution >= 4 is 43.8 Å². The Kier molecular flexibility index (Phi) is 7.25. The lowest BCUT2D eigenvalue weighted by Crippen LogP contribution is -2.19. The molecule has 188 valence electrons. The quantitative estimate of drug-likeness (QED) is 0.343. The lowest BCUT2D eigenvalue weighted by atomic mass is 10.1. The number of halogens is 2. The molecule has 0 radical (unpaired) electrons. The number of ether oxygens (including phenoxy) is 1. The number of rotatable bonds is 8. The summed E-state index contributed by atoms with van der Waals surface area (Å²) in [5.41, 5.74) is 1.95. The number of likely N-dealkylation sites (N-methyl/N-ethyl adjacent to an activating group) is 1. The highest BCUT2D eigenvalue weighted by Crippen LogP contribution is 2.35. The van der Waals surface area contributed by atoms with Crippen molar-refractivity contribution in [3.63, 3.8) is 0 Å². The van der Waals surface area contributed by atoms with E-state index in [0.717, 1.165) is 18.9 Å². The highest BCUT2D eigenvalue weighted by molar-refractivity contribution is 7.90. The molecule has 0 atom stereocenters. The van der Waals surface area contributed by atoms with Crippen molar-refractivity contribution in [1.29, 1.82) is 0 Å². The Morgan fingerprint density at radius 1 is 1.14 bits per heavy atom. The molecule has 2 N–H and O–H groups in total. The lowest BCUT2D eigenvalue weighted by Gasteiger charge is -2.15. The fourth-order valence-electron chi connectivity index (χ4n) is 3.34. The van der Waals surface area contributed by atoms with Gasteiger partial charge in [-0.1, -0.05) is 11.6 Å². The van der Waals surface area contributed by atoms with E-state index >= 15 is 0 Å². The molecule has 0 saturated carbocycles. The average molecular weight is 532 g/mol. The standard InChI is InChI=1S/C24H23ClFN5O4S/c1-31(2)8-9-35-21-7-4-15(12-28-21)29-23-20(36(3,33)34)13-27-19-6-5-18(30-22(19)23)14-10-16(25)24(32)17(26)11-14/h4-7,10-13,32H,8-9H2,1-3H3,(H,27,29). The Bertz CT molecular complexity index is 1510. The molecule has 3 aromatic heterocycles. The van der Waals surface area contributed by atoms with Gasteiger partial charge in [-0.25, -0.2) is 22.8 Å². The van der Waals surface area contributed by atoms with Crippen molar-refractivity contribution in [1.82, 2.24) is 19.9 Å². The van der Waals surface area contributed by atoms with Gasteiger partial charge in [-0.3, -0.25) is 4.98 Å². The van der Waals surface area contributed by atoms with Gasteiger partial charge in [0.25, 0.3) is 0 Å². The number of fused-ring (bicyclic) bond motifs is 1. The van der Waals surface area contributed by atoms with E-state index in [1.54, 1.807) is 24.3 Å². The summed E-state index contributed by atoms with van der Waals surface area (Å²) in [4.78, 5) is 15.0. The summed E-state index contributed by atoms with van der Waals surface area (Å²) in [6, 6.07) is 9.07. The molecule has 0 spiro atoms. The molecule has 0 aliphatic carbocycles. The molecule has 36 heavy (non-hydrogen) atoms. The van der Waals surface area contributed by atoms with Gasteiger partial charge in [-0.2, -0.15) is 0 Å². The monoisotopic (exact) mass is 531 g/mol. The number of sulfone groups is 1. The van der Waals surface area contributed by atoms with E-state index in [4.69, 9.17) is 16.3 Å². The third-order valence-electron chi connectivity index (χ3n) is 5.18. The minimum atomic E-state index is -3.70. The van der Waals surface area contributed by atoms with E-state index in [2.05, 4.69) is 20.3 Å². The molecule has 0 saturated heterocycles. The first-order valence-electron chi connectivity index (χ1n) is 10.7. The van der Waals surface area contributed by atoms with Crippen molar-refractivity contribution in [2.45, 2.75) is 4.90 Å². The predicted octanol–water partition coefficient (Wildman–Crippen LogP) is 4.28. The number of aromatic hydroxyl groups is 1. The Hall–Kier alpha value is -3.54. The first-order chi connectivity index (χ1) is 17.0. The molecule has 4 rings (SSSR count). The number of hydrogen-bond acceptors (Lipinski definition) is 9. The van der Waals surface area contributed by atoms with E-state index in [1.165, 1.54) is 18.5 Å². The second-order valence-electron chi connectivity index (χ2n) is 8.28. The number of nitrogens with zero attached hydrogens (tertiary/aromatic N) is 4. The molecule has 0 aliphatic rings. The summed E-state index contributed by atoms with van der Waals surface area (Å²) in [6.07, 6.45) is 3.84. The number of nitrogens with one attached hydrogen (secondary N) is 1. The van der Waals surface area contributed by atoms with Crippen LogP contribution in [0.2, 0.25) is 5.02 Å². The highest BCUT2D eigenvalue weighted by atomic mass is 35.5. The Morgan fingerprint density at radius 3 is 2.56 bits per heavy atom. The smallest absolute Gasteiger partial charge is 0.213 e. The van der Waals surface area contributed by atoms with Gasteiger partial charge in [0.15, 0.2) is 21.4 Å². The van der Waals surface area contributed by atoms with E-state index in [1.807, 2.05) is 19.0 Å². The van der Waals surface area contributed by atoms with Gasteiger partial charge >= 0.3 is 0 Å². The van der Waals surface area contributed by atoms with E-state index in [9.17, 15) is 17.9 Å². The summed E-state index contributed by atoms with van der Waals surface area (Å²) in [5, 5.41) is 12.6. The number of hydrogen-bond donors (Lipinski definition) is 2. The second-order valence-corrected chi connectivity index (χ2v) is 10.7. The van der Waals surface area contributed by atoms with Crippen LogP contribution in [0.3, 0.4) is 0 Å². The fraction of sp³-hybridized carbons (Fsp3) is 0.208. The number of phenols is 1. The average Bonchev–Trinajstić information content (AvgIpc) is 2.82. The molecule has 3 heterocycles. The molecule has 0 bridgehead atoms. The predicted molar refractivity (Wildman–Crippen MR) is 136 cm³/mol. The topological polar surface area (TPSA) is 118 Å². The van der Waals surface area contributed by atoms with Crippen LogP contribution in [0, 0.1) is 5.82 Å². The summed E-state index contributed by atoms with van der Waals surface area (Å²) in [5.74, 6) is -1.14. The zero-order chi connectivity index (χ0) is 26.0. The van der Waals surface area contributed by atoms with Gasteiger partial charge in [0.05, 0.1) is 33.8 Å². The van der Waals surface area contributed by atoms with Crippen LogP contribution < -0.4 is 10.1 Å². The van der Waals surface area contributed by atoms with Crippen molar-refractivity contribution in [2.75, 3.05) is 38.8 Å². The van der Waals surface area contributed by atoms with Crippen LogP contribution >= 0.6 is 11.6 Å². The maximum Gasteiger partial charge on any atom is 0.213 e. The van der Waals surface area contributed by atoms with Crippen LogP contribution in [-0.2, 0) is 9.84 Å². The second kappa shape index (κ2) is 10.2. The molecular weight excluding hydrogens is 509 g/mol. The van der Waals surface area contributed by atoms with Crippen LogP contribution in [0.15, 0.2) is 53.7 Å². The van der Waals surface area contributed by atoms with Crippen LogP contribution in [0.5, 0.6) is 11.6 Å². The Balaban J connectivity index is 1.76. The lowest BCUT2D eigenvalue weighted by molar-refractivity contribution is 0.254. The normalized spacial score (nSPS) is 11.7. The zero-order valence-electron chi connectivity index (χ0n) is 19.7. The molecule has 9 nitrogen and oxygen atoms in total. The highest BCUT2D eigenvalue weighted by Gasteiger charge is 2.20. The summed E-state index contributed by atoms with van der Waals surface area (Å²) in [6.45, 7) is 1.20. The van der Waals surface area contributed by atoms with Gasteiger partial charge in [0.1, 0.15) is 17.0 Å². The largest absolute Gasteiger partial charge is 0.504 e. The Labute approximate surface area is 212 Å². The first-order valence-corrected chi connectivity index (χ1v) is 13.0. The molecule has 0 unspecified atom stereocenters. The van der Waals surface area contributed by atoms with Gasteiger partial charge in [-0.05, 0) is 44.4 Å². The summed E-state index contributed by atoms with van der Waals surface area (Å²) in [7, 11) is 0.179. The van der Waals surface area contributed by atoms with E-state index in [-0.39, 0.29) is 21.1 Å². The van der Waals surface area contributed by atoms with Crippen molar-refractivity contribution < 1.29 is 22.7 Å². The number of aromatic nitrogens is 3. The minimum absolute atomic E-state index is 0.0686. The molecule has 0 amide bonds. The number of pyridine rings is 3. The van der Waals surface area contributed by atoms with Crippen LogP contribution in [-0.4, -0.2) is 66.9 Å². The zero-order valence-corrected chi connectivity index (χ0v) is 21.2. The molecule has 12 heteroatoms. The van der Waals surface area contributed by atoms with Crippen LogP contribution in [0.4, 0.5) is 15.8 Å². The van der Waals surface area contributed by atoms with Crippen LogP contribution in [0.1, 0.15) is 0 Å². The maximum atomic E-state index is 14.1. The fourth-order valence-corrected chi connectivity index (χ4v) is 4.31. The van der Waals surface area contributed by atoms with Gasteiger partial charge in [0, 0.05) is 30.6 Å². The van der Waals surface area contributed by atoms with Gasteiger partial charge < -0.3 is 20.1 Å². The summed E-state index contributed by atoms with van der Waals surface area (Å²) >= 11 is 5.93. The number of phenolic OH excluding ortho intramolecular Hbond substituents is 1. The maximum absolute atomic E-state index is 14.1. The van der Waals surface area contributed by atoms with Crippen molar-refractivity contribution in [3.8, 4) is 22.9 Å². The molecule has 4 aromatic rings. The molecule has 1 aromatic carbocycles. The first kappa shape index (κ1) is 25.5. The Morgan fingerprint density at radius 2 is 1.92 bits per heavy atom. The molecule has 0 aliphatic heterocycles. The van der Waals surface area contributed by atoms with E-state index in [0.29, 0.717) is 34.9 Å². The third kappa shape index (κ3) is 5.64. The van der Waals surface area contributed by atoms with E-state index < -0.39 is 21.4 Å². The summed E-state index contributed by atoms with van der Waals surface area (Å²) < 4.78 is 44.8. The van der Waals surface area contributed by atoms with Crippen LogP contribution in [0.25, 0.3) is 22.3 Å². The molecule has 0 fully saturated rings. The SMILES string of the molecule is CN(C)CCOc1ccc(Nc2c(S(C)(=O)=O)cnc3ccc(-c4cc(F)c(O)c(Cl)c4)nc23)cn1. The van der Waals surface area contributed by atoms with Gasteiger partial charge in [0.2, 0.25) is 5.88 Å². The third-order valence-corrected chi connectivity index (χ3v) is 6.58. The van der Waals surface area contributed by atoms with Crippen molar-refractivity contribution in [2.24, 2.45) is 0 Å². The number of benzene rings is 1. The number of anilines is 2. The van der Waals surface area contributed by atoms with Crippen molar-refractivity contribution in [3.05, 3.63) is 59.6 Å². The molecular formula is C24H23ClFN5O4S. The van der Waals surface area contributed by atoms with Gasteiger partial charge in [-0.15, -0.1) is 0 Å².